The van der Waals surface area contributed by atoms with Crippen LogP contribution < -0.4 is 10.1 Å². The molecule has 0 radical (unpaired) electrons. The Labute approximate surface area is 239 Å². The Morgan fingerprint density at radius 2 is 1.85 bits per heavy atom. The molecule has 0 amide bonds. The molecule has 3 aromatic rings. The lowest BCUT2D eigenvalue weighted by molar-refractivity contribution is -0.274. The van der Waals surface area contributed by atoms with Crippen LogP contribution in [-0.2, 0) is 19.3 Å². The van der Waals surface area contributed by atoms with Gasteiger partial charge in [0.2, 0.25) is 0 Å². The molecule has 3 heterocycles. The van der Waals surface area contributed by atoms with Crippen molar-refractivity contribution in [2.24, 2.45) is 0 Å². The number of aryl methyl sites for hydroxylation is 2. The molecule has 8 rings (SSSR count). The number of alkyl halides is 3. The first-order valence-corrected chi connectivity index (χ1v) is 14.3. The van der Waals surface area contributed by atoms with Crippen molar-refractivity contribution in [2.45, 2.75) is 64.1 Å². The number of fused-ring (bicyclic) bond motifs is 8. The number of aromatic nitrogens is 1. The molecule has 6 heteroatoms. The molecule has 41 heavy (non-hydrogen) atoms. The summed E-state index contributed by atoms with van der Waals surface area (Å²) in [6.07, 6.45) is 17.1. The van der Waals surface area contributed by atoms with Crippen molar-refractivity contribution in [1.29, 1.82) is 0 Å². The van der Waals surface area contributed by atoms with E-state index in [1.807, 2.05) is 31.5 Å². The van der Waals surface area contributed by atoms with Crippen LogP contribution in [0.3, 0.4) is 0 Å². The summed E-state index contributed by atoms with van der Waals surface area (Å²) in [6.45, 7) is 1.97. The fourth-order valence-electron chi connectivity index (χ4n) is 6.18. The number of benzene rings is 2. The maximum absolute atomic E-state index is 12.9. The first kappa shape index (κ1) is 27.1. The smallest absolute Gasteiger partial charge is 0.406 e. The van der Waals surface area contributed by atoms with Crippen LogP contribution in [0.1, 0.15) is 65.1 Å². The van der Waals surface area contributed by atoms with E-state index in [1.165, 1.54) is 52.4 Å². The topological polar surface area (TPSA) is 34.1 Å². The Bertz CT molecular complexity index is 1560. The largest absolute Gasteiger partial charge is 0.573 e. The molecule has 2 bridgehead atoms. The molecule has 1 N–H and O–H groups in total. The maximum Gasteiger partial charge on any atom is 0.573 e. The third-order valence-electron chi connectivity index (χ3n) is 8.27. The summed E-state index contributed by atoms with van der Waals surface area (Å²) in [6, 6.07) is 13.1. The van der Waals surface area contributed by atoms with Gasteiger partial charge in [0.1, 0.15) is 5.75 Å². The van der Waals surface area contributed by atoms with Crippen LogP contribution in [0.4, 0.5) is 13.2 Å². The van der Waals surface area contributed by atoms with Gasteiger partial charge in [0.15, 0.2) is 0 Å². The van der Waals surface area contributed by atoms with Gasteiger partial charge in [-0.15, -0.1) is 13.2 Å². The lowest BCUT2D eigenvalue weighted by Crippen LogP contribution is -2.18. The third-order valence-corrected chi connectivity index (χ3v) is 8.27. The van der Waals surface area contributed by atoms with Gasteiger partial charge < -0.3 is 10.1 Å². The Balaban J connectivity index is 0.000000283. The molecule has 0 fully saturated rings. The van der Waals surface area contributed by atoms with E-state index in [2.05, 4.69) is 63.6 Å². The third kappa shape index (κ3) is 6.32. The molecule has 0 saturated heterocycles. The summed E-state index contributed by atoms with van der Waals surface area (Å²) in [5, 5.41) is 3.20. The minimum atomic E-state index is -4.70. The van der Waals surface area contributed by atoms with E-state index in [9.17, 15) is 13.2 Å². The average Bonchev–Trinajstić information content (AvgIpc) is 3.34. The molecule has 1 aromatic heterocycles. The van der Waals surface area contributed by atoms with Crippen LogP contribution >= 0.6 is 0 Å². The number of nitrogens with one attached hydrogen (secondary N) is 1. The summed E-state index contributed by atoms with van der Waals surface area (Å²) in [7, 11) is 0. The predicted octanol–water partition coefficient (Wildman–Crippen LogP) is 8.89. The van der Waals surface area contributed by atoms with E-state index in [0.717, 1.165) is 54.5 Å². The van der Waals surface area contributed by atoms with E-state index in [4.69, 9.17) is 0 Å². The Hall–Kier alpha value is -4.06. The fraction of sp³-hybridized carbons (Fsp3) is 0.286. The number of nitrogens with zero attached hydrogens (tertiary/aromatic N) is 1. The van der Waals surface area contributed by atoms with Crippen molar-refractivity contribution in [3.8, 4) is 16.9 Å². The van der Waals surface area contributed by atoms with Crippen molar-refractivity contribution in [3.63, 3.8) is 0 Å². The number of allylic oxidation sites excluding steroid dienone is 6. The van der Waals surface area contributed by atoms with Gasteiger partial charge in [-0.05, 0) is 133 Å². The van der Waals surface area contributed by atoms with Gasteiger partial charge in [-0.1, -0.05) is 42.5 Å². The predicted molar refractivity (Wildman–Crippen MR) is 157 cm³/mol. The molecule has 210 valence electrons. The minimum absolute atomic E-state index is 0.164. The highest BCUT2D eigenvalue weighted by molar-refractivity contribution is 5.79. The zero-order valence-electron chi connectivity index (χ0n) is 23.1. The highest BCUT2D eigenvalue weighted by Crippen LogP contribution is 2.46. The SMILES string of the molecule is C1=CC2=CC=C(CC2)N1.Cc1ccc(CCC2Cc3c(ccc4c3CCC=C4)-c3cc(OC(F)(F)F)ccc32)cn1. The monoisotopic (exact) mass is 554 g/mol. The number of hydrogen-bond donors (Lipinski definition) is 1. The number of hydrogen-bond acceptors (Lipinski definition) is 3. The van der Waals surface area contributed by atoms with E-state index in [-0.39, 0.29) is 11.7 Å². The molecular weight excluding hydrogens is 521 g/mol. The molecule has 5 aliphatic rings. The normalized spacial score (nSPS) is 18.0. The average molecular weight is 555 g/mol. The lowest BCUT2D eigenvalue weighted by atomic mass is 9.73. The van der Waals surface area contributed by atoms with E-state index >= 15 is 0 Å². The zero-order valence-corrected chi connectivity index (χ0v) is 23.1. The van der Waals surface area contributed by atoms with Crippen molar-refractivity contribution in [2.75, 3.05) is 0 Å². The van der Waals surface area contributed by atoms with Crippen LogP contribution in [0.5, 0.6) is 5.75 Å². The molecule has 2 aromatic carbocycles. The molecule has 3 nitrogen and oxygen atoms in total. The van der Waals surface area contributed by atoms with Gasteiger partial charge in [0.25, 0.3) is 0 Å². The highest BCUT2D eigenvalue weighted by Gasteiger charge is 2.33. The van der Waals surface area contributed by atoms with E-state index in [1.54, 1.807) is 6.07 Å². The van der Waals surface area contributed by atoms with Gasteiger partial charge in [0, 0.05) is 23.8 Å². The lowest BCUT2D eigenvalue weighted by Gasteiger charge is -2.31. The first-order chi connectivity index (χ1) is 19.8. The first-order valence-electron chi connectivity index (χ1n) is 14.3. The fourth-order valence-corrected chi connectivity index (χ4v) is 6.18. The van der Waals surface area contributed by atoms with Gasteiger partial charge in [-0.2, -0.15) is 0 Å². The summed E-state index contributed by atoms with van der Waals surface area (Å²) >= 11 is 0. The Kier molecular flexibility index (Phi) is 7.57. The van der Waals surface area contributed by atoms with Crippen LogP contribution in [0.15, 0.2) is 90.4 Å². The van der Waals surface area contributed by atoms with E-state index < -0.39 is 6.36 Å². The molecule has 0 spiro atoms. The van der Waals surface area contributed by atoms with Crippen LogP contribution in [-0.4, -0.2) is 11.3 Å². The second kappa shape index (κ2) is 11.4. The molecule has 0 saturated carbocycles. The van der Waals surface area contributed by atoms with Crippen molar-refractivity contribution in [3.05, 3.63) is 124 Å². The minimum Gasteiger partial charge on any atom is -0.406 e. The van der Waals surface area contributed by atoms with Gasteiger partial charge in [-0.3, -0.25) is 4.98 Å². The molecule has 1 unspecified atom stereocenters. The van der Waals surface area contributed by atoms with Crippen LogP contribution in [0, 0.1) is 6.92 Å². The molecule has 2 aliphatic heterocycles. The summed E-state index contributed by atoms with van der Waals surface area (Å²) in [4.78, 5) is 4.40. The Morgan fingerprint density at radius 3 is 2.63 bits per heavy atom. The summed E-state index contributed by atoms with van der Waals surface area (Å²) < 4.78 is 42.9. The zero-order chi connectivity index (χ0) is 28.4. The van der Waals surface area contributed by atoms with Crippen molar-refractivity contribution < 1.29 is 17.9 Å². The number of halogens is 3. The highest BCUT2D eigenvalue weighted by atomic mass is 19.4. The van der Waals surface area contributed by atoms with Gasteiger partial charge in [0.05, 0.1) is 0 Å². The Morgan fingerprint density at radius 1 is 0.951 bits per heavy atom. The maximum atomic E-state index is 12.9. The molecule has 1 atom stereocenters. The van der Waals surface area contributed by atoms with Crippen LogP contribution in [0.2, 0.25) is 0 Å². The van der Waals surface area contributed by atoms with E-state index in [0.29, 0.717) is 0 Å². The van der Waals surface area contributed by atoms with Crippen molar-refractivity contribution >= 4 is 6.08 Å². The standard InChI is InChI=1S/C27H24F3NO.C8H9N/c1-17-6-7-18(16-31-17)8-9-20-14-25-22-5-3-2-4-19(22)10-12-24(25)26-15-21(11-13-23(20)26)32-27(28,29)30;1-3-8-4-2-7(1)5-6-9-8/h2,4,6-7,10-13,15-16,20H,3,5,8-9,14H2,1H3;1,3,5-6,9H,2,4H2. The number of pyridine rings is 1. The van der Waals surface area contributed by atoms with Crippen LogP contribution in [0.25, 0.3) is 17.2 Å². The summed E-state index contributed by atoms with van der Waals surface area (Å²) in [5.74, 6) is 0.0688. The van der Waals surface area contributed by atoms with Gasteiger partial charge >= 0.3 is 6.36 Å². The second-order valence-electron chi connectivity index (χ2n) is 11.1. The molecule has 3 aliphatic carbocycles. The quantitative estimate of drug-likeness (QED) is 0.350. The van der Waals surface area contributed by atoms with Gasteiger partial charge in [-0.25, -0.2) is 0 Å². The number of rotatable bonds is 4. The second-order valence-corrected chi connectivity index (χ2v) is 11.1. The number of ether oxygens (including phenoxy) is 1. The molecular formula is C35H33F3N2O. The summed E-state index contributed by atoms with van der Waals surface area (Å²) in [5.41, 5.74) is 11.8. The van der Waals surface area contributed by atoms with Crippen molar-refractivity contribution in [1.82, 2.24) is 10.3 Å².